The molecule has 0 aliphatic heterocycles. The van der Waals surface area contributed by atoms with E-state index in [4.69, 9.17) is 5.26 Å². The smallest absolute Gasteiger partial charge is 0.124 e. The van der Waals surface area contributed by atoms with E-state index in [-0.39, 0.29) is 0 Å². The van der Waals surface area contributed by atoms with Crippen molar-refractivity contribution < 1.29 is 0 Å². The standard InChI is InChI=1S/C15H18N2S/c16-7-13-8-17-15(18-13)6-14-11-2-9-1-10(4-11)5-12(14)3-9/h8-12,14H,1-6H2. The van der Waals surface area contributed by atoms with E-state index in [1.807, 2.05) is 0 Å². The summed E-state index contributed by atoms with van der Waals surface area (Å²) in [5.41, 5.74) is 0. The second kappa shape index (κ2) is 4.06. The van der Waals surface area contributed by atoms with Gasteiger partial charge in [0, 0.05) is 6.42 Å². The lowest BCUT2D eigenvalue weighted by Crippen LogP contribution is -2.45. The molecule has 18 heavy (non-hydrogen) atoms. The number of thiazole rings is 1. The SMILES string of the molecule is N#Cc1cnc(CC2C3CC4CC(C3)CC2C4)s1. The number of nitrogens with zero attached hydrogens (tertiary/aromatic N) is 2. The third kappa shape index (κ3) is 1.70. The van der Waals surface area contributed by atoms with Crippen molar-refractivity contribution in [1.82, 2.24) is 4.98 Å². The summed E-state index contributed by atoms with van der Waals surface area (Å²) < 4.78 is 0. The minimum Gasteiger partial charge on any atom is -0.248 e. The fourth-order valence-corrected chi connectivity index (χ4v) is 5.82. The van der Waals surface area contributed by atoms with E-state index in [2.05, 4.69) is 11.1 Å². The third-order valence-corrected chi connectivity index (χ3v) is 6.42. The van der Waals surface area contributed by atoms with E-state index >= 15 is 0 Å². The fourth-order valence-electron chi connectivity index (χ4n) is 5.03. The van der Waals surface area contributed by atoms with Crippen molar-refractivity contribution in [2.75, 3.05) is 0 Å². The number of nitriles is 1. The Morgan fingerprint density at radius 2 is 1.83 bits per heavy atom. The molecule has 4 saturated carbocycles. The quantitative estimate of drug-likeness (QED) is 0.812. The highest BCUT2D eigenvalue weighted by Crippen LogP contribution is 2.57. The second-order valence-electron chi connectivity index (χ2n) is 6.53. The maximum atomic E-state index is 8.88. The molecule has 1 aromatic rings. The summed E-state index contributed by atoms with van der Waals surface area (Å²) in [5.74, 6) is 4.91. The summed E-state index contributed by atoms with van der Waals surface area (Å²) in [5, 5.41) is 10.1. The van der Waals surface area contributed by atoms with E-state index in [0.29, 0.717) is 0 Å². The molecule has 0 aromatic carbocycles. The average Bonchev–Trinajstić information content (AvgIpc) is 2.80. The van der Waals surface area contributed by atoms with Gasteiger partial charge in [-0.1, -0.05) is 0 Å². The van der Waals surface area contributed by atoms with Gasteiger partial charge in [-0.2, -0.15) is 5.26 Å². The highest BCUT2D eigenvalue weighted by atomic mass is 32.1. The Kier molecular flexibility index (Phi) is 2.48. The topological polar surface area (TPSA) is 36.7 Å². The van der Waals surface area contributed by atoms with E-state index in [1.54, 1.807) is 17.5 Å². The molecule has 3 heteroatoms. The lowest BCUT2D eigenvalue weighted by Gasteiger charge is -2.54. The lowest BCUT2D eigenvalue weighted by atomic mass is 9.51. The Hall–Kier alpha value is -0.880. The van der Waals surface area contributed by atoms with Gasteiger partial charge < -0.3 is 0 Å². The highest BCUT2D eigenvalue weighted by molar-refractivity contribution is 7.12. The van der Waals surface area contributed by atoms with Crippen LogP contribution in [-0.2, 0) is 6.42 Å². The summed E-state index contributed by atoms with van der Waals surface area (Å²) in [7, 11) is 0. The van der Waals surface area contributed by atoms with Crippen molar-refractivity contribution in [1.29, 1.82) is 5.26 Å². The van der Waals surface area contributed by atoms with Crippen molar-refractivity contribution in [2.45, 2.75) is 38.5 Å². The van der Waals surface area contributed by atoms with Crippen LogP contribution in [0.15, 0.2) is 6.20 Å². The van der Waals surface area contributed by atoms with Crippen LogP contribution in [0, 0.1) is 40.9 Å². The van der Waals surface area contributed by atoms with E-state index < -0.39 is 0 Å². The highest BCUT2D eigenvalue weighted by Gasteiger charge is 2.48. The van der Waals surface area contributed by atoms with E-state index in [0.717, 1.165) is 40.9 Å². The van der Waals surface area contributed by atoms with E-state index in [1.165, 1.54) is 37.1 Å². The minimum absolute atomic E-state index is 0.772. The molecule has 94 valence electrons. The molecule has 5 rings (SSSR count). The van der Waals surface area contributed by atoms with Gasteiger partial charge in [0.2, 0.25) is 0 Å². The molecule has 4 aliphatic rings. The van der Waals surface area contributed by atoms with Crippen LogP contribution in [0.4, 0.5) is 0 Å². The molecule has 0 saturated heterocycles. The molecule has 4 aliphatic carbocycles. The van der Waals surface area contributed by atoms with Gasteiger partial charge in [-0.05, 0) is 61.7 Å². The van der Waals surface area contributed by atoms with Crippen molar-refractivity contribution in [3.8, 4) is 6.07 Å². The summed E-state index contributed by atoms with van der Waals surface area (Å²) in [6.07, 6.45) is 10.3. The van der Waals surface area contributed by atoms with Crippen molar-refractivity contribution >= 4 is 11.3 Å². The third-order valence-electron chi connectivity index (χ3n) is 5.50. The van der Waals surface area contributed by atoms with Gasteiger partial charge in [0.15, 0.2) is 0 Å². The molecule has 0 unspecified atom stereocenters. The van der Waals surface area contributed by atoms with Crippen LogP contribution in [-0.4, -0.2) is 4.98 Å². The van der Waals surface area contributed by atoms with Gasteiger partial charge >= 0.3 is 0 Å². The fraction of sp³-hybridized carbons (Fsp3) is 0.733. The van der Waals surface area contributed by atoms with Gasteiger partial charge in [0.05, 0.1) is 11.2 Å². The van der Waals surface area contributed by atoms with Gasteiger partial charge in [-0.3, -0.25) is 0 Å². The van der Waals surface area contributed by atoms with Crippen LogP contribution < -0.4 is 0 Å². The van der Waals surface area contributed by atoms with Crippen molar-refractivity contribution in [3.05, 3.63) is 16.1 Å². The Morgan fingerprint density at radius 1 is 1.17 bits per heavy atom. The number of hydrogen-bond acceptors (Lipinski definition) is 3. The lowest BCUT2D eigenvalue weighted by molar-refractivity contribution is -0.0360. The first-order valence-corrected chi connectivity index (χ1v) is 7.98. The molecule has 1 aromatic heterocycles. The first kappa shape index (κ1) is 11.0. The normalized spacial score (nSPS) is 40.9. The summed E-state index contributed by atoms with van der Waals surface area (Å²) >= 11 is 1.60. The van der Waals surface area contributed by atoms with Gasteiger partial charge in [-0.15, -0.1) is 11.3 Å². The zero-order chi connectivity index (χ0) is 12.1. The largest absolute Gasteiger partial charge is 0.248 e. The molecule has 2 nitrogen and oxygen atoms in total. The van der Waals surface area contributed by atoms with Crippen LogP contribution in [0.1, 0.15) is 42.0 Å². The molecule has 0 N–H and O–H groups in total. The van der Waals surface area contributed by atoms with Gasteiger partial charge in [0.1, 0.15) is 10.9 Å². The Labute approximate surface area is 112 Å². The number of aromatic nitrogens is 1. The van der Waals surface area contributed by atoms with Crippen LogP contribution in [0.25, 0.3) is 0 Å². The molecule has 0 atom stereocenters. The zero-order valence-electron chi connectivity index (χ0n) is 10.5. The predicted octanol–water partition coefficient (Wildman–Crippen LogP) is 3.63. The maximum absolute atomic E-state index is 8.88. The van der Waals surface area contributed by atoms with Gasteiger partial charge in [-0.25, -0.2) is 4.98 Å². The van der Waals surface area contributed by atoms with E-state index in [9.17, 15) is 0 Å². The molecule has 4 bridgehead atoms. The first-order chi connectivity index (χ1) is 8.81. The molecule has 1 heterocycles. The number of hydrogen-bond donors (Lipinski definition) is 0. The molecule has 0 radical (unpaired) electrons. The van der Waals surface area contributed by atoms with Crippen molar-refractivity contribution in [3.63, 3.8) is 0 Å². The summed E-state index contributed by atoms with van der Waals surface area (Å²) in [6.45, 7) is 0. The Bertz CT molecular complexity index is 471. The predicted molar refractivity (Wildman–Crippen MR) is 71.1 cm³/mol. The van der Waals surface area contributed by atoms with Gasteiger partial charge in [0.25, 0.3) is 0 Å². The van der Waals surface area contributed by atoms with Crippen LogP contribution in [0.2, 0.25) is 0 Å². The zero-order valence-corrected chi connectivity index (χ0v) is 11.3. The molecule has 4 fully saturated rings. The average molecular weight is 258 g/mol. The number of rotatable bonds is 2. The Balaban J connectivity index is 1.53. The molecular formula is C15H18N2S. The molecule has 0 amide bonds. The summed E-state index contributed by atoms with van der Waals surface area (Å²) in [6, 6.07) is 2.21. The maximum Gasteiger partial charge on any atom is 0.124 e. The second-order valence-corrected chi connectivity index (χ2v) is 7.64. The van der Waals surface area contributed by atoms with Crippen LogP contribution >= 0.6 is 11.3 Å². The molecule has 0 spiro atoms. The summed E-state index contributed by atoms with van der Waals surface area (Å²) in [4.78, 5) is 5.21. The van der Waals surface area contributed by atoms with Crippen LogP contribution in [0.5, 0.6) is 0 Å². The first-order valence-electron chi connectivity index (χ1n) is 7.16. The minimum atomic E-state index is 0.772. The molecular weight excluding hydrogens is 240 g/mol. The van der Waals surface area contributed by atoms with Crippen molar-refractivity contribution in [2.24, 2.45) is 29.6 Å². The monoisotopic (exact) mass is 258 g/mol. The van der Waals surface area contributed by atoms with Crippen LogP contribution in [0.3, 0.4) is 0 Å². The Morgan fingerprint density at radius 3 is 2.39 bits per heavy atom.